The summed E-state index contributed by atoms with van der Waals surface area (Å²) >= 11 is 0. The number of anilines is 1. The van der Waals surface area contributed by atoms with Crippen LogP contribution < -0.4 is 4.90 Å². The van der Waals surface area contributed by atoms with Gasteiger partial charge in [-0.05, 0) is 63.7 Å². The zero-order chi connectivity index (χ0) is 30.4. The molecular formula is C38H43NO3. The van der Waals surface area contributed by atoms with Gasteiger partial charge in [0.1, 0.15) is 11.6 Å². The number of carbonyl (C=O) groups is 3. The highest BCUT2D eigenvalue weighted by Gasteiger charge is 2.16. The summed E-state index contributed by atoms with van der Waals surface area (Å²) in [6.07, 6.45) is 1.50. The second-order valence-electron chi connectivity index (χ2n) is 12.3. The molecule has 0 heterocycles. The molecule has 1 unspecified atom stereocenters. The maximum Gasteiger partial charge on any atom is 0.165 e. The molecule has 0 aliphatic rings. The first-order valence-corrected chi connectivity index (χ1v) is 15.0. The fraction of sp³-hybridized carbons (Fsp3) is 0.342. The van der Waals surface area contributed by atoms with Crippen LogP contribution in [0.4, 0.5) is 5.69 Å². The van der Waals surface area contributed by atoms with Gasteiger partial charge in [0, 0.05) is 55.4 Å². The van der Waals surface area contributed by atoms with Crippen LogP contribution in [0, 0.1) is 17.8 Å². The van der Waals surface area contributed by atoms with E-state index in [0.29, 0.717) is 19.3 Å². The molecular weight excluding hydrogens is 518 g/mol. The third kappa shape index (κ3) is 7.82. The lowest BCUT2D eigenvalue weighted by atomic mass is 9.91. The van der Waals surface area contributed by atoms with Crippen LogP contribution in [0.5, 0.6) is 0 Å². The summed E-state index contributed by atoms with van der Waals surface area (Å²) in [6, 6.07) is 28.6. The number of ketones is 3. The molecule has 0 amide bonds. The Kier molecular flexibility index (Phi) is 10.1. The highest BCUT2D eigenvalue weighted by molar-refractivity contribution is 5.97. The van der Waals surface area contributed by atoms with Crippen molar-refractivity contribution in [3.63, 3.8) is 0 Å². The van der Waals surface area contributed by atoms with E-state index in [1.807, 2.05) is 77.1 Å². The fourth-order valence-corrected chi connectivity index (χ4v) is 5.32. The number of rotatable bonds is 13. The van der Waals surface area contributed by atoms with Crippen molar-refractivity contribution < 1.29 is 14.4 Å². The van der Waals surface area contributed by atoms with E-state index < -0.39 is 0 Å². The van der Waals surface area contributed by atoms with Gasteiger partial charge in [0.15, 0.2) is 5.78 Å². The van der Waals surface area contributed by atoms with Gasteiger partial charge in [-0.15, -0.1) is 0 Å². The molecule has 0 aromatic heterocycles. The van der Waals surface area contributed by atoms with Crippen molar-refractivity contribution in [2.75, 3.05) is 11.9 Å². The number of Topliss-reactive ketones (excluding diaryl/α,β-unsaturated/α-hetero) is 3. The van der Waals surface area contributed by atoms with Crippen LogP contribution in [0.25, 0.3) is 10.8 Å². The second-order valence-corrected chi connectivity index (χ2v) is 12.3. The van der Waals surface area contributed by atoms with Crippen molar-refractivity contribution in [3.05, 3.63) is 113 Å². The lowest BCUT2D eigenvalue weighted by molar-refractivity contribution is -0.122. The van der Waals surface area contributed by atoms with Gasteiger partial charge in [-0.3, -0.25) is 14.4 Å². The topological polar surface area (TPSA) is 54.5 Å². The zero-order valence-corrected chi connectivity index (χ0v) is 25.8. The Morgan fingerprint density at radius 3 is 2.00 bits per heavy atom. The predicted molar refractivity (Wildman–Crippen MR) is 173 cm³/mol. The van der Waals surface area contributed by atoms with Crippen LogP contribution in [0.1, 0.15) is 67.2 Å². The molecule has 0 fully saturated rings. The largest absolute Gasteiger partial charge is 0.370 e. The summed E-state index contributed by atoms with van der Waals surface area (Å²) in [6.45, 7) is 10.4. The van der Waals surface area contributed by atoms with Crippen molar-refractivity contribution in [3.8, 4) is 0 Å². The summed E-state index contributed by atoms with van der Waals surface area (Å²) < 4.78 is 0. The zero-order valence-electron chi connectivity index (χ0n) is 25.8. The Labute approximate surface area is 250 Å². The molecule has 4 rings (SSSR count). The molecule has 4 nitrogen and oxygen atoms in total. The van der Waals surface area contributed by atoms with Gasteiger partial charge in [-0.25, -0.2) is 0 Å². The summed E-state index contributed by atoms with van der Waals surface area (Å²) in [5, 5.41) is 2.30. The normalized spacial score (nSPS) is 12.1. The van der Waals surface area contributed by atoms with Crippen molar-refractivity contribution >= 4 is 33.8 Å². The van der Waals surface area contributed by atoms with Crippen molar-refractivity contribution in [1.29, 1.82) is 0 Å². The van der Waals surface area contributed by atoms with Crippen LogP contribution in [-0.2, 0) is 35.4 Å². The molecule has 1 atom stereocenters. The van der Waals surface area contributed by atoms with Gasteiger partial charge in [0.05, 0.1) is 0 Å². The lowest BCUT2D eigenvalue weighted by Gasteiger charge is -2.21. The molecule has 0 saturated heterocycles. The molecule has 0 saturated carbocycles. The number of hydrogen-bond donors (Lipinski definition) is 0. The first kappa shape index (κ1) is 30.9. The molecule has 0 bridgehead atoms. The van der Waals surface area contributed by atoms with Crippen molar-refractivity contribution in [2.45, 2.75) is 60.4 Å². The number of carbonyl (C=O) groups excluding carboxylic acids is 3. The van der Waals surface area contributed by atoms with E-state index >= 15 is 0 Å². The molecule has 0 aliphatic carbocycles. The molecule has 4 aromatic rings. The van der Waals surface area contributed by atoms with Crippen LogP contribution in [0.15, 0.2) is 84.9 Å². The second kappa shape index (κ2) is 13.7. The first-order valence-electron chi connectivity index (χ1n) is 15.0. The lowest BCUT2D eigenvalue weighted by Crippen LogP contribution is -2.17. The quantitative estimate of drug-likeness (QED) is 0.155. The molecule has 218 valence electrons. The van der Waals surface area contributed by atoms with Gasteiger partial charge >= 0.3 is 0 Å². The standard InChI is InChI=1S/C38H43NO3/c1-25(2)36(40)22-29-10-7-9-28(20-29)19-27(5)37(41)23-30-13-18-35-32(21-30)11-8-12-33(35)24-39(6)34-16-14-31(15-17-34)38(42)26(3)4/h7-18,20-21,25-27H,19,22-24H2,1-6H3. The average molecular weight is 562 g/mol. The molecule has 42 heavy (non-hydrogen) atoms. The predicted octanol–water partition coefficient (Wildman–Crippen LogP) is 8.07. The van der Waals surface area contributed by atoms with E-state index in [9.17, 15) is 14.4 Å². The van der Waals surface area contributed by atoms with E-state index in [-0.39, 0.29) is 35.1 Å². The number of nitrogens with zero attached hydrogens (tertiary/aromatic N) is 1. The minimum Gasteiger partial charge on any atom is -0.370 e. The first-order chi connectivity index (χ1) is 20.0. The molecule has 0 aliphatic heterocycles. The summed E-state index contributed by atoms with van der Waals surface area (Å²) in [5.74, 6) is 0.499. The molecule has 0 spiro atoms. The van der Waals surface area contributed by atoms with Gasteiger partial charge in [0.25, 0.3) is 0 Å². The van der Waals surface area contributed by atoms with E-state index in [1.54, 1.807) is 0 Å². The average Bonchev–Trinajstić information content (AvgIpc) is 2.96. The summed E-state index contributed by atoms with van der Waals surface area (Å²) in [5.41, 5.74) is 6.14. The van der Waals surface area contributed by atoms with Crippen LogP contribution in [0.3, 0.4) is 0 Å². The van der Waals surface area contributed by atoms with Crippen LogP contribution in [-0.4, -0.2) is 24.4 Å². The highest BCUT2D eigenvalue weighted by atomic mass is 16.1. The summed E-state index contributed by atoms with van der Waals surface area (Å²) in [4.78, 5) is 39.8. The van der Waals surface area contributed by atoms with Crippen LogP contribution >= 0.6 is 0 Å². The number of hydrogen-bond acceptors (Lipinski definition) is 4. The van der Waals surface area contributed by atoms with E-state index in [4.69, 9.17) is 0 Å². The minimum absolute atomic E-state index is 0.0165. The Balaban J connectivity index is 1.41. The smallest absolute Gasteiger partial charge is 0.165 e. The van der Waals surface area contributed by atoms with Gasteiger partial charge in [0.2, 0.25) is 0 Å². The Morgan fingerprint density at radius 2 is 1.31 bits per heavy atom. The van der Waals surface area contributed by atoms with Crippen molar-refractivity contribution in [1.82, 2.24) is 0 Å². The van der Waals surface area contributed by atoms with Gasteiger partial charge < -0.3 is 4.90 Å². The Hall–Kier alpha value is -4.05. The van der Waals surface area contributed by atoms with E-state index in [2.05, 4.69) is 54.4 Å². The van der Waals surface area contributed by atoms with Gasteiger partial charge in [-0.2, -0.15) is 0 Å². The fourth-order valence-electron chi connectivity index (χ4n) is 5.32. The maximum atomic E-state index is 13.2. The molecule has 4 aromatic carbocycles. The number of benzene rings is 4. The monoisotopic (exact) mass is 561 g/mol. The third-order valence-corrected chi connectivity index (χ3v) is 8.04. The minimum atomic E-state index is -0.112. The third-order valence-electron chi connectivity index (χ3n) is 8.04. The van der Waals surface area contributed by atoms with Crippen LogP contribution in [0.2, 0.25) is 0 Å². The van der Waals surface area contributed by atoms with E-state index in [0.717, 1.165) is 39.9 Å². The summed E-state index contributed by atoms with van der Waals surface area (Å²) in [7, 11) is 2.06. The van der Waals surface area contributed by atoms with Gasteiger partial charge in [-0.1, -0.05) is 95.3 Å². The Morgan fingerprint density at radius 1 is 0.667 bits per heavy atom. The highest BCUT2D eigenvalue weighted by Crippen LogP contribution is 2.25. The van der Waals surface area contributed by atoms with Crippen molar-refractivity contribution in [2.24, 2.45) is 17.8 Å². The Bertz CT molecular complexity index is 1570. The molecule has 0 N–H and O–H groups in total. The molecule has 0 radical (unpaired) electrons. The molecule has 4 heteroatoms. The number of fused-ring (bicyclic) bond motifs is 1. The maximum absolute atomic E-state index is 13.2. The van der Waals surface area contributed by atoms with E-state index in [1.165, 1.54) is 10.9 Å². The SMILES string of the molecule is CC(C)C(=O)Cc1cccc(CC(C)C(=O)Cc2ccc3c(CN(C)c4ccc(C(=O)C(C)C)cc4)cccc3c2)c1.